The van der Waals surface area contributed by atoms with Crippen LogP contribution in [0.3, 0.4) is 0 Å². The summed E-state index contributed by atoms with van der Waals surface area (Å²) in [6.45, 7) is 1.68. The highest BCUT2D eigenvalue weighted by Crippen LogP contribution is 2.43. The molecule has 0 aliphatic carbocycles. The van der Waals surface area contributed by atoms with Crippen LogP contribution >= 0.6 is 10.7 Å². The largest absolute Gasteiger partial charge is 0.324 e. The Labute approximate surface area is 98.4 Å². The van der Waals surface area contributed by atoms with Gasteiger partial charge in [-0.2, -0.15) is 8.42 Å². The molecule has 16 heavy (non-hydrogen) atoms. The van der Waals surface area contributed by atoms with E-state index in [1.807, 2.05) is 6.07 Å². The summed E-state index contributed by atoms with van der Waals surface area (Å²) < 4.78 is 23.3. The van der Waals surface area contributed by atoms with Crippen molar-refractivity contribution in [2.45, 2.75) is 18.9 Å². The number of rotatable bonds is 2. The number of hydrogen-bond donors (Lipinski definition) is 0. The van der Waals surface area contributed by atoms with Gasteiger partial charge in [0, 0.05) is 10.7 Å². The van der Waals surface area contributed by atoms with Crippen molar-refractivity contribution in [2.24, 2.45) is 0 Å². The summed E-state index contributed by atoms with van der Waals surface area (Å²) in [5, 5.41) is 0. The summed E-state index contributed by atoms with van der Waals surface area (Å²) in [6.07, 6.45) is 0.156. The number of β-lactam (4-membered cyclic amide) rings is 1. The molecule has 1 heterocycles. The lowest BCUT2D eigenvalue weighted by molar-refractivity contribution is -0.144. The first-order chi connectivity index (χ1) is 7.36. The van der Waals surface area contributed by atoms with Crippen LogP contribution in [0.25, 0.3) is 0 Å². The molecule has 0 spiro atoms. The van der Waals surface area contributed by atoms with Crippen molar-refractivity contribution in [2.75, 3.05) is 0 Å². The fourth-order valence-corrected chi connectivity index (χ4v) is 3.65. The molecule has 86 valence electrons. The quantitative estimate of drug-likeness (QED) is 0.599. The van der Waals surface area contributed by atoms with Gasteiger partial charge in [-0.15, -0.1) is 0 Å². The second kappa shape index (κ2) is 3.46. The van der Waals surface area contributed by atoms with E-state index in [0.717, 1.165) is 9.87 Å². The summed E-state index contributed by atoms with van der Waals surface area (Å²) >= 11 is 0. The van der Waals surface area contributed by atoms with E-state index in [2.05, 4.69) is 0 Å². The molecule has 6 heteroatoms. The molecule has 1 amide bonds. The van der Waals surface area contributed by atoms with E-state index in [-0.39, 0.29) is 6.42 Å². The summed E-state index contributed by atoms with van der Waals surface area (Å²) in [5.74, 6) is -0.471. The van der Waals surface area contributed by atoms with Crippen LogP contribution in [0.1, 0.15) is 18.9 Å². The third-order valence-corrected chi connectivity index (χ3v) is 4.24. The Balaban J connectivity index is 2.46. The lowest BCUT2D eigenvalue weighted by Crippen LogP contribution is -2.60. The molecule has 0 N–H and O–H groups in total. The molecule has 1 aromatic carbocycles. The highest BCUT2D eigenvalue weighted by molar-refractivity contribution is 8.12. The van der Waals surface area contributed by atoms with Crippen LogP contribution in [0.4, 0.5) is 0 Å². The minimum atomic E-state index is -4.02. The van der Waals surface area contributed by atoms with Crippen LogP contribution < -0.4 is 0 Å². The smallest absolute Gasteiger partial charge is 0.274 e. The minimum absolute atomic E-state index is 0.156. The van der Waals surface area contributed by atoms with Gasteiger partial charge in [-0.25, -0.2) is 4.31 Å². The second-order valence-electron chi connectivity index (χ2n) is 3.92. The van der Waals surface area contributed by atoms with Gasteiger partial charge in [0.2, 0.25) is 5.91 Å². The van der Waals surface area contributed by atoms with Gasteiger partial charge >= 0.3 is 9.24 Å². The molecular weight excluding hydrogens is 250 g/mol. The van der Waals surface area contributed by atoms with E-state index >= 15 is 0 Å². The average molecular weight is 260 g/mol. The molecule has 1 aliphatic rings. The monoisotopic (exact) mass is 259 g/mol. The van der Waals surface area contributed by atoms with E-state index in [1.54, 1.807) is 31.2 Å². The van der Waals surface area contributed by atoms with Crippen molar-refractivity contribution in [3.05, 3.63) is 35.9 Å². The fourth-order valence-electron chi connectivity index (χ4n) is 2.00. The van der Waals surface area contributed by atoms with E-state index in [9.17, 15) is 13.2 Å². The maximum Gasteiger partial charge on any atom is 0.324 e. The van der Waals surface area contributed by atoms with Crippen molar-refractivity contribution >= 4 is 25.8 Å². The summed E-state index contributed by atoms with van der Waals surface area (Å²) in [4.78, 5) is 11.3. The zero-order valence-corrected chi connectivity index (χ0v) is 10.1. The van der Waals surface area contributed by atoms with Gasteiger partial charge in [0.05, 0.1) is 12.0 Å². The molecule has 1 aliphatic heterocycles. The molecule has 1 fully saturated rings. The summed E-state index contributed by atoms with van der Waals surface area (Å²) in [6, 6.07) is 8.97. The maximum absolute atomic E-state index is 11.3. The normalized spacial score (nSPS) is 25.4. The second-order valence-corrected chi connectivity index (χ2v) is 6.28. The molecule has 0 aromatic heterocycles. The predicted octanol–water partition coefficient (Wildman–Crippen LogP) is 1.62. The van der Waals surface area contributed by atoms with Gasteiger partial charge < -0.3 is 0 Å². The molecule has 2 rings (SSSR count). The van der Waals surface area contributed by atoms with E-state index in [1.165, 1.54) is 0 Å². The number of nitrogens with zero attached hydrogens (tertiary/aromatic N) is 1. The minimum Gasteiger partial charge on any atom is -0.274 e. The molecule has 1 saturated heterocycles. The van der Waals surface area contributed by atoms with Gasteiger partial charge in [-0.1, -0.05) is 30.3 Å². The highest BCUT2D eigenvalue weighted by Gasteiger charge is 2.54. The van der Waals surface area contributed by atoms with Crippen LogP contribution in [-0.2, 0) is 19.6 Å². The average Bonchev–Trinajstić information content (AvgIpc) is 2.15. The topological polar surface area (TPSA) is 54.5 Å². The Morgan fingerprint density at radius 2 is 1.88 bits per heavy atom. The van der Waals surface area contributed by atoms with Crippen LogP contribution in [0.5, 0.6) is 0 Å². The van der Waals surface area contributed by atoms with Crippen molar-refractivity contribution in [3.8, 4) is 0 Å². The Morgan fingerprint density at radius 1 is 1.31 bits per heavy atom. The first-order valence-electron chi connectivity index (χ1n) is 4.69. The van der Waals surface area contributed by atoms with Gasteiger partial charge in [-0.05, 0) is 12.5 Å². The Morgan fingerprint density at radius 3 is 2.31 bits per heavy atom. The first kappa shape index (κ1) is 11.4. The number of halogens is 1. The van der Waals surface area contributed by atoms with Crippen LogP contribution in [-0.4, -0.2) is 18.6 Å². The summed E-state index contributed by atoms with van der Waals surface area (Å²) in [5.41, 5.74) is -0.0855. The molecule has 1 aromatic rings. The highest BCUT2D eigenvalue weighted by atomic mass is 35.7. The number of carbonyl (C=O) groups is 1. The molecule has 1 unspecified atom stereocenters. The lowest BCUT2D eigenvalue weighted by atomic mass is 9.82. The molecule has 0 saturated carbocycles. The van der Waals surface area contributed by atoms with E-state index in [4.69, 9.17) is 10.7 Å². The zero-order chi connectivity index (χ0) is 12.0. The van der Waals surface area contributed by atoms with Gasteiger partial charge in [-0.3, -0.25) is 4.79 Å². The Hall–Kier alpha value is -1.07. The molecule has 4 nitrogen and oxygen atoms in total. The van der Waals surface area contributed by atoms with Crippen molar-refractivity contribution in [3.63, 3.8) is 0 Å². The summed E-state index contributed by atoms with van der Waals surface area (Å²) in [7, 11) is 1.23. The number of benzene rings is 1. The van der Waals surface area contributed by atoms with E-state index < -0.39 is 20.7 Å². The zero-order valence-electron chi connectivity index (χ0n) is 8.55. The molecule has 0 radical (unpaired) electrons. The Kier molecular flexibility index (Phi) is 2.47. The van der Waals surface area contributed by atoms with Gasteiger partial charge in [0.15, 0.2) is 0 Å². The van der Waals surface area contributed by atoms with Crippen molar-refractivity contribution < 1.29 is 13.2 Å². The molecular formula is C10H10ClNO3S. The van der Waals surface area contributed by atoms with Crippen LogP contribution in [0.2, 0.25) is 0 Å². The van der Waals surface area contributed by atoms with Crippen molar-refractivity contribution in [1.82, 2.24) is 4.31 Å². The number of amides is 1. The first-order valence-corrected chi connectivity index (χ1v) is 6.96. The maximum atomic E-state index is 11.3. The van der Waals surface area contributed by atoms with Crippen LogP contribution in [0.15, 0.2) is 30.3 Å². The SMILES string of the molecule is CC1(c2ccccc2)CC(=O)N1S(=O)(=O)Cl. The van der Waals surface area contributed by atoms with E-state index in [0.29, 0.717) is 0 Å². The Bertz CT molecular complexity index is 528. The molecule has 1 atom stereocenters. The van der Waals surface area contributed by atoms with Gasteiger partial charge in [0.1, 0.15) is 0 Å². The lowest BCUT2D eigenvalue weighted by Gasteiger charge is -2.47. The standard InChI is InChI=1S/C10H10ClNO3S/c1-10(8-5-3-2-4-6-8)7-9(13)12(10)16(11,14)15/h2-6H,7H2,1H3. The number of hydrogen-bond acceptors (Lipinski definition) is 3. The van der Waals surface area contributed by atoms with Gasteiger partial charge in [0.25, 0.3) is 0 Å². The fraction of sp³-hybridized carbons (Fsp3) is 0.300. The number of carbonyl (C=O) groups excluding carboxylic acids is 1. The van der Waals surface area contributed by atoms with Crippen molar-refractivity contribution in [1.29, 1.82) is 0 Å². The third kappa shape index (κ3) is 1.60. The molecule has 0 bridgehead atoms. The predicted molar refractivity (Wildman–Crippen MR) is 60.0 cm³/mol. The van der Waals surface area contributed by atoms with Crippen LogP contribution in [0, 0.1) is 0 Å². The third-order valence-electron chi connectivity index (χ3n) is 2.78.